The van der Waals surface area contributed by atoms with Crippen LogP contribution in [0.2, 0.25) is 0 Å². The lowest BCUT2D eigenvalue weighted by Crippen LogP contribution is -2.32. The SMILES string of the molecule is CC[C@H](Cc1ccccc1)NC1CC1. The van der Waals surface area contributed by atoms with Gasteiger partial charge in [-0.3, -0.25) is 0 Å². The van der Waals surface area contributed by atoms with Crippen LogP contribution in [0.4, 0.5) is 0 Å². The molecule has 14 heavy (non-hydrogen) atoms. The van der Waals surface area contributed by atoms with E-state index in [1.165, 1.54) is 31.2 Å². The molecule has 1 aliphatic carbocycles. The zero-order valence-corrected chi connectivity index (χ0v) is 8.87. The van der Waals surface area contributed by atoms with Gasteiger partial charge in [0.25, 0.3) is 0 Å². The lowest BCUT2D eigenvalue weighted by molar-refractivity contribution is 0.492. The van der Waals surface area contributed by atoms with E-state index in [0.717, 1.165) is 6.04 Å². The molecule has 2 rings (SSSR count). The summed E-state index contributed by atoms with van der Waals surface area (Å²) in [7, 11) is 0. The maximum absolute atomic E-state index is 3.69. The van der Waals surface area contributed by atoms with E-state index in [4.69, 9.17) is 0 Å². The van der Waals surface area contributed by atoms with E-state index in [2.05, 4.69) is 42.6 Å². The summed E-state index contributed by atoms with van der Waals surface area (Å²) >= 11 is 0. The van der Waals surface area contributed by atoms with E-state index in [0.29, 0.717) is 6.04 Å². The standard InChI is InChI=1S/C13H19N/c1-2-12(14-13-8-9-13)10-11-6-4-3-5-7-11/h3-7,12-14H,2,8-10H2,1H3/t12-/m1/s1. The molecule has 1 saturated carbocycles. The molecule has 76 valence electrons. The molecular formula is C13H19N. The van der Waals surface area contributed by atoms with Crippen molar-refractivity contribution in [3.8, 4) is 0 Å². The van der Waals surface area contributed by atoms with Crippen molar-refractivity contribution in [2.24, 2.45) is 0 Å². The van der Waals surface area contributed by atoms with Crippen LogP contribution >= 0.6 is 0 Å². The topological polar surface area (TPSA) is 12.0 Å². The molecule has 1 atom stereocenters. The summed E-state index contributed by atoms with van der Waals surface area (Å²) in [5, 5.41) is 3.69. The van der Waals surface area contributed by atoms with E-state index < -0.39 is 0 Å². The fourth-order valence-electron chi connectivity index (χ4n) is 1.80. The van der Waals surface area contributed by atoms with Gasteiger partial charge in [-0.2, -0.15) is 0 Å². The van der Waals surface area contributed by atoms with E-state index in [1.807, 2.05) is 0 Å². The Morgan fingerprint density at radius 2 is 2.00 bits per heavy atom. The molecule has 1 N–H and O–H groups in total. The molecule has 0 aromatic heterocycles. The maximum atomic E-state index is 3.69. The Bertz CT molecular complexity index is 264. The van der Waals surface area contributed by atoms with E-state index in [9.17, 15) is 0 Å². The van der Waals surface area contributed by atoms with Crippen molar-refractivity contribution >= 4 is 0 Å². The van der Waals surface area contributed by atoms with Crippen molar-refractivity contribution < 1.29 is 0 Å². The van der Waals surface area contributed by atoms with Crippen LogP contribution in [0.5, 0.6) is 0 Å². The molecule has 1 aliphatic rings. The summed E-state index contributed by atoms with van der Waals surface area (Å²) in [6.07, 6.45) is 5.16. The largest absolute Gasteiger partial charge is 0.311 e. The van der Waals surface area contributed by atoms with Gasteiger partial charge in [-0.05, 0) is 31.2 Å². The van der Waals surface area contributed by atoms with Crippen LogP contribution in [-0.2, 0) is 6.42 Å². The Kier molecular flexibility index (Phi) is 3.20. The van der Waals surface area contributed by atoms with Gasteiger partial charge in [-0.15, -0.1) is 0 Å². The highest BCUT2D eigenvalue weighted by molar-refractivity contribution is 5.16. The maximum Gasteiger partial charge on any atom is 0.0107 e. The lowest BCUT2D eigenvalue weighted by atomic mass is 10.0. The highest BCUT2D eigenvalue weighted by Crippen LogP contribution is 2.20. The van der Waals surface area contributed by atoms with Crippen LogP contribution < -0.4 is 5.32 Å². The van der Waals surface area contributed by atoms with Crippen molar-refractivity contribution in [2.45, 2.75) is 44.7 Å². The molecule has 0 aliphatic heterocycles. The molecule has 0 radical (unpaired) electrons. The third-order valence-corrected chi connectivity index (χ3v) is 2.87. The molecule has 1 fully saturated rings. The first-order valence-corrected chi connectivity index (χ1v) is 5.68. The Morgan fingerprint density at radius 3 is 2.57 bits per heavy atom. The zero-order chi connectivity index (χ0) is 9.80. The number of hydrogen-bond donors (Lipinski definition) is 1. The van der Waals surface area contributed by atoms with Gasteiger partial charge in [-0.25, -0.2) is 0 Å². The minimum atomic E-state index is 0.671. The Hall–Kier alpha value is -0.820. The van der Waals surface area contributed by atoms with Gasteiger partial charge < -0.3 is 5.32 Å². The summed E-state index contributed by atoms with van der Waals surface area (Å²) in [6.45, 7) is 2.27. The number of benzene rings is 1. The summed E-state index contributed by atoms with van der Waals surface area (Å²) in [5.41, 5.74) is 1.45. The molecule has 0 heterocycles. The normalized spacial score (nSPS) is 18.1. The molecule has 1 aromatic rings. The number of rotatable bonds is 5. The second-order valence-electron chi connectivity index (χ2n) is 4.24. The van der Waals surface area contributed by atoms with Crippen LogP contribution in [0, 0.1) is 0 Å². The molecule has 0 saturated heterocycles. The minimum Gasteiger partial charge on any atom is -0.311 e. The lowest BCUT2D eigenvalue weighted by Gasteiger charge is -2.16. The van der Waals surface area contributed by atoms with E-state index in [-0.39, 0.29) is 0 Å². The van der Waals surface area contributed by atoms with Gasteiger partial charge in [-0.1, -0.05) is 37.3 Å². The molecule has 0 amide bonds. The fourth-order valence-corrected chi connectivity index (χ4v) is 1.80. The van der Waals surface area contributed by atoms with E-state index >= 15 is 0 Å². The van der Waals surface area contributed by atoms with Crippen LogP contribution in [-0.4, -0.2) is 12.1 Å². The molecule has 0 bridgehead atoms. The van der Waals surface area contributed by atoms with Gasteiger partial charge in [0.05, 0.1) is 0 Å². The second-order valence-corrected chi connectivity index (χ2v) is 4.24. The molecule has 0 spiro atoms. The fraction of sp³-hybridized carbons (Fsp3) is 0.538. The summed E-state index contributed by atoms with van der Waals surface area (Å²) < 4.78 is 0. The molecule has 1 heteroatoms. The zero-order valence-electron chi connectivity index (χ0n) is 8.87. The third-order valence-electron chi connectivity index (χ3n) is 2.87. The average molecular weight is 189 g/mol. The van der Waals surface area contributed by atoms with Crippen molar-refractivity contribution in [1.29, 1.82) is 0 Å². The van der Waals surface area contributed by atoms with Gasteiger partial charge in [0.1, 0.15) is 0 Å². The van der Waals surface area contributed by atoms with Crippen molar-refractivity contribution in [3.05, 3.63) is 35.9 Å². The monoisotopic (exact) mass is 189 g/mol. The van der Waals surface area contributed by atoms with Gasteiger partial charge in [0.2, 0.25) is 0 Å². The molecule has 1 nitrogen and oxygen atoms in total. The first-order chi connectivity index (χ1) is 6.88. The first-order valence-electron chi connectivity index (χ1n) is 5.68. The quantitative estimate of drug-likeness (QED) is 0.751. The van der Waals surface area contributed by atoms with E-state index in [1.54, 1.807) is 0 Å². The Balaban J connectivity index is 1.87. The van der Waals surface area contributed by atoms with Gasteiger partial charge in [0.15, 0.2) is 0 Å². The number of hydrogen-bond acceptors (Lipinski definition) is 1. The Morgan fingerprint density at radius 1 is 1.29 bits per heavy atom. The van der Waals surface area contributed by atoms with Crippen LogP contribution in [0.15, 0.2) is 30.3 Å². The minimum absolute atomic E-state index is 0.671. The number of nitrogens with one attached hydrogen (secondary N) is 1. The van der Waals surface area contributed by atoms with Crippen molar-refractivity contribution in [1.82, 2.24) is 5.32 Å². The van der Waals surface area contributed by atoms with Gasteiger partial charge in [0, 0.05) is 12.1 Å². The van der Waals surface area contributed by atoms with Crippen LogP contribution in [0.1, 0.15) is 31.7 Å². The van der Waals surface area contributed by atoms with Gasteiger partial charge >= 0.3 is 0 Å². The first kappa shape index (κ1) is 9.72. The highest BCUT2D eigenvalue weighted by atomic mass is 15.0. The summed E-state index contributed by atoms with van der Waals surface area (Å²) in [5.74, 6) is 0. The smallest absolute Gasteiger partial charge is 0.0107 e. The predicted octanol–water partition coefficient (Wildman–Crippen LogP) is 2.76. The third kappa shape index (κ3) is 2.85. The van der Waals surface area contributed by atoms with Crippen molar-refractivity contribution in [2.75, 3.05) is 0 Å². The molecule has 0 unspecified atom stereocenters. The van der Waals surface area contributed by atoms with Crippen LogP contribution in [0.25, 0.3) is 0 Å². The molecular weight excluding hydrogens is 170 g/mol. The summed E-state index contributed by atoms with van der Waals surface area (Å²) in [4.78, 5) is 0. The predicted molar refractivity (Wildman–Crippen MR) is 60.4 cm³/mol. The Labute approximate surface area is 86.5 Å². The summed E-state index contributed by atoms with van der Waals surface area (Å²) in [6, 6.07) is 12.3. The second kappa shape index (κ2) is 4.61. The van der Waals surface area contributed by atoms with Crippen molar-refractivity contribution in [3.63, 3.8) is 0 Å². The highest BCUT2D eigenvalue weighted by Gasteiger charge is 2.23. The van der Waals surface area contributed by atoms with Crippen LogP contribution in [0.3, 0.4) is 0 Å². The molecule has 1 aromatic carbocycles. The average Bonchev–Trinajstić information content (AvgIpc) is 3.02.